The topological polar surface area (TPSA) is 87.7 Å². The van der Waals surface area contributed by atoms with E-state index in [4.69, 9.17) is 16.0 Å². The summed E-state index contributed by atoms with van der Waals surface area (Å²) in [6.07, 6.45) is 3.28. The molecule has 0 aliphatic heterocycles. The van der Waals surface area contributed by atoms with Crippen LogP contribution >= 0.6 is 11.6 Å². The zero-order valence-corrected chi connectivity index (χ0v) is 17.4. The molecule has 5 nitrogen and oxygen atoms in total. The van der Waals surface area contributed by atoms with Crippen molar-refractivity contribution in [2.24, 2.45) is 0 Å². The number of carbonyl (C=O) groups is 2. The molecule has 1 aromatic heterocycles. The molecule has 0 aliphatic rings. The number of halogens is 1. The Kier molecular flexibility index (Phi) is 5.92. The first-order valence-electron chi connectivity index (χ1n) is 9.67. The lowest BCUT2D eigenvalue weighted by atomic mass is 10.0. The van der Waals surface area contributed by atoms with Crippen LogP contribution in [0.1, 0.15) is 43.4 Å². The van der Waals surface area contributed by atoms with E-state index in [1.807, 2.05) is 0 Å². The Morgan fingerprint density at radius 3 is 1.88 bits per heavy atom. The minimum Gasteiger partial charge on any atom is -0.507 e. The lowest BCUT2D eigenvalue weighted by molar-refractivity contribution is 0.100. The summed E-state index contributed by atoms with van der Waals surface area (Å²) in [6, 6.07) is 20.6. The van der Waals surface area contributed by atoms with Crippen LogP contribution in [-0.2, 0) is 0 Å². The fourth-order valence-electron chi connectivity index (χ4n) is 3.17. The lowest BCUT2D eigenvalue weighted by Crippen LogP contribution is -2.02. The van der Waals surface area contributed by atoms with Crippen LogP contribution in [0, 0.1) is 0 Å². The fraction of sp³-hybridized carbons (Fsp3) is 0. The standard InChI is InChI=1S/C26H17ClO5/c27-17-12-9-16(10-13-17)11-14-23-20(25(30)18-5-1-3-7-21(18)28)15-24(32-23)26(31)19-6-2-4-8-22(19)29/h1-15,28-29H/b14-11+. The Bertz CT molecular complexity index is 1330. The van der Waals surface area contributed by atoms with Gasteiger partial charge in [-0.05, 0) is 54.1 Å². The average molecular weight is 445 g/mol. The van der Waals surface area contributed by atoms with Crippen LogP contribution in [0.15, 0.2) is 83.3 Å². The number of rotatable bonds is 6. The Labute approximate surface area is 188 Å². The smallest absolute Gasteiger partial charge is 0.231 e. The van der Waals surface area contributed by atoms with E-state index < -0.39 is 11.6 Å². The molecule has 0 unspecified atom stereocenters. The maximum atomic E-state index is 13.2. The van der Waals surface area contributed by atoms with E-state index in [9.17, 15) is 19.8 Å². The molecular weight excluding hydrogens is 428 g/mol. The molecule has 0 fully saturated rings. The minimum absolute atomic E-state index is 0.0519. The number of benzene rings is 3. The van der Waals surface area contributed by atoms with Crippen molar-refractivity contribution >= 4 is 35.3 Å². The third-order valence-electron chi connectivity index (χ3n) is 4.82. The van der Waals surface area contributed by atoms with Crippen molar-refractivity contribution < 1.29 is 24.2 Å². The maximum Gasteiger partial charge on any atom is 0.231 e. The van der Waals surface area contributed by atoms with Gasteiger partial charge in [-0.15, -0.1) is 0 Å². The molecular formula is C26H17ClO5. The molecule has 0 saturated carbocycles. The Morgan fingerprint density at radius 1 is 0.719 bits per heavy atom. The molecule has 0 spiro atoms. The van der Waals surface area contributed by atoms with Crippen LogP contribution in [0.4, 0.5) is 0 Å². The molecule has 1 heterocycles. The molecule has 2 N–H and O–H groups in total. The van der Waals surface area contributed by atoms with Gasteiger partial charge in [-0.25, -0.2) is 0 Å². The summed E-state index contributed by atoms with van der Waals surface area (Å²) in [6.45, 7) is 0. The van der Waals surface area contributed by atoms with E-state index in [2.05, 4.69) is 0 Å². The molecule has 0 aliphatic carbocycles. The van der Waals surface area contributed by atoms with E-state index in [-0.39, 0.29) is 39.7 Å². The fourth-order valence-corrected chi connectivity index (χ4v) is 3.30. The maximum absolute atomic E-state index is 13.2. The first-order chi connectivity index (χ1) is 15.4. The Morgan fingerprint density at radius 2 is 1.28 bits per heavy atom. The number of para-hydroxylation sites is 2. The summed E-state index contributed by atoms with van der Waals surface area (Å²) in [4.78, 5) is 26.1. The average Bonchev–Trinajstić information content (AvgIpc) is 3.23. The number of ketones is 2. The van der Waals surface area contributed by atoms with Gasteiger partial charge in [0.25, 0.3) is 0 Å². The summed E-state index contributed by atoms with van der Waals surface area (Å²) in [5.74, 6) is -1.41. The highest BCUT2D eigenvalue weighted by atomic mass is 35.5. The molecule has 0 amide bonds. The van der Waals surface area contributed by atoms with Crippen molar-refractivity contribution in [3.8, 4) is 11.5 Å². The van der Waals surface area contributed by atoms with Crippen molar-refractivity contribution in [3.05, 3.63) is 118 Å². The highest BCUT2D eigenvalue weighted by Crippen LogP contribution is 2.28. The van der Waals surface area contributed by atoms with Crippen molar-refractivity contribution in [1.29, 1.82) is 0 Å². The number of hydrogen-bond acceptors (Lipinski definition) is 5. The predicted octanol–water partition coefficient (Wildman–Crippen LogP) is 5.98. The monoisotopic (exact) mass is 444 g/mol. The zero-order valence-electron chi connectivity index (χ0n) is 16.7. The number of phenolic OH excluding ortho intramolecular Hbond substituents is 2. The van der Waals surface area contributed by atoms with Crippen LogP contribution in [0.5, 0.6) is 11.5 Å². The third kappa shape index (κ3) is 4.33. The molecule has 0 saturated heterocycles. The highest BCUT2D eigenvalue weighted by molar-refractivity contribution is 6.30. The van der Waals surface area contributed by atoms with Crippen LogP contribution < -0.4 is 0 Å². The molecule has 0 bridgehead atoms. The lowest BCUT2D eigenvalue weighted by Gasteiger charge is -2.02. The van der Waals surface area contributed by atoms with Gasteiger partial charge in [0.1, 0.15) is 17.3 Å². The largest absolute Gasteiger partial charge is 0.507 e. The molecule has 32 heavy (non-hydrogen) atoms. The second-order valence-corrected chi connectivity index (χ2v) is 7.40. The third-order valence-corrected chi connectivity index (χ3v) is 5.08. The number of carbonyl (C=O) groups excluding carboxylic acids is 2. The highest BCUT2D eigenvalue weighted by Gasteiger charge is 2.24. The summed E-state index contributed by atoms with van der Waals surface area (Å²) < 4.78 is 5.74. The van der Waals surface area contributed by atoms with E-state index in [0.29, 0.717) is 5.02 Å². The molecule has 158 valence electrons. The van der Waals surface area contributed by atoms with Gasteiger partial charge in [0, 0.05) is 5.02 Å². The summed E-state index contributed by atoms with van der Waals surface area (Å²) in [5, 5.41) is 20.7. The number of hydrogen-bond donors (Lipinski definition) is 2. The zero-order chi connectivity index (χ0) is 22.7. The van der Waals surface area contributed by atoms with Gasteiger partial charge in [-0.2, -0.15) is 0 Å². The molecule has 6 heteroatoms. The van der Waals surface area contributed by atoms with Gasteiger partial charge < -0.3 is 14.6 Å². The Balaban J connectivity index is 1.78. The predicted molar refractivity (Wildman–Crippen MR) is 122 cm³/mol. The van der Waals surface area contributed by atoms with Gasteiger partial charge >= 0.3 is 0 Å². The normalized spacial score (nSPS) is 11.0. The van der Waals surface area contributed by atoms with E-state index in [1.54, 1.807) is 60.7 Å². The summed E-state index contributed by atoms with van der Waals surface area (Å²) in [7, 11) is 0. The number of furan rings is 1. The SMILES string of the molecule is O=C(c1cc(C(=O)c2ccccc2O)c(/C=C/c2ccc(Cl)cc2)o1)c1ccccc1O. The van der Waals surface area contributed by atoms with Crippen molar-refractivity contribution in [2.75, 3.05) is 0 Å². The van der Waals surface area contributed by atoms with E-state index in [1.165, 1.54) is 30.3 Å². The first kappa shape index (κ1) is 21.2. The summed E-state index contributed by atoms with van der Waals surface area (Å²) in [5.41, 5.74) is 1.04. The van der Waals surface area contributed by atoms with Crippen LogP contribution in [-0.4, -0.2) is 21.8 Å². The molecule has 0 radical (unpaired) electrons. The van der Waals surface area contributed by atoms with Gasteiger partial charge in [-0.3, -0.25) is 9.59 Å². The van der Waals surface area contributed by atoms with Crippen LogP contribution in [0.3, 0.4) is 0 Å². The van der Waals surface area contributed by atoms with Crippen LogP contribution in [0.2, 0.25) is 5.02 Å². The van der Waals surface area contributed by atoms with Crippen molar-refractivity contribution in [3.63, 3.8) is 0 Å². The minimum atomic E-state index is -0.569. The summed E-state index contributed by atoms with van der Waals surface area (Å²) >= 11 is 5.92. The van der Waals surface area contributed by atoms with E-state index >= 15 is 0 Å². The molecule has 4 aromatic rings. The van der Waals surface area contributed by atoms with E-state index in [0.717, 1.165) is 5.56 Å². The van der Waals surface area contributed by atoms with Gasteiger partial charge in [0.05, 0.1) is 16.7 Å². The first-order valence-corrected chi connectivity index (χ1v) is 10.0. The van der Waals surface area contributed by atoms with Crippen LogP contribution in [0.25, 0.3) is 12.2 Å². The van der Waals surface area contributed by atoms with Gasteiger partial charge in [0.15, 0.2) is 5.76 Å². The number of aromatic hydroxyl groups is 2. The number of phenols is 2. The Hall–Kier alpha value is -4.09. The molecule has 4 rings (SSSR count). The quantitative estimate of drug-likeness (QED) is 0.357. The van der Waals surface area contributed by atoms with Crippen molar-refractivity contribution in [2.45, 2.75) is 0 Å². The van der Waals surface area contributed by atoms with Gasteiger partial charge in [0.2, 0.25) is 11.6 Å². The molecule has 0 atom stereocenters. The second-order valence-electron chi connectivity index (χ2n) is 6.97. The second kappa shape index (κ2) is 8.96. The van der Waals surface area contributed by atoms with Crippen molar-refractivity contribution in [1.82, 2.24) is 0 Å². The molecule has 3 aromatic carbocycles. The van der Waals surface area contributed by atoms with Gasteiger partial charge in [-0.1, -0.05) is 54.1 Å².